The van der Waals surface area contributed by atoms with E-state index in [2.05, 4.69) is 10.3 Å². The molecule has 0 amide bonds. The van der Waals surface area contributed by atoms with Crippen LogP contribution in [0, 0.1) is 6.92 Å². The molecular weight excluding hydrogens is 228 g/mol. The van der Waals surface area contributed by atoms with Gasteiger partial charge in [0.25, 0.3) is 0 Å². The van der Waals surface area contributed by atoms with Crippen LogP contribution in [0.5, 0.6) is 0 Å². The number of rotatable bonds is 3. The molecule has 0 aliphatic heterocycles. The number of anilines is 1. The number of aryl methyl sites for hydroxylation is 1. The smallest absolute Gasteiger partial charge is 0.183 e. The minimum absolute atomic E-state index is 0.767. The van der Waals surface area contributed by atoms with E-state index < -0.39 is 0 Å². The average molecular weight is 239 g/mol. The molecule has 1 heterocycles. The van der Waals surface area contributed by atoms with Crippen LogP contribution in [0.4, 0.5) is 5.13 Å². The van der Waals surface area contributed by atoms with E-state index in [0.717, 1.165) is 22.4 Å². The summed E-state index contributed by atoms with van der Waals surface area (Å²) in [5, 5.41) is 7.03. The zero-order valence-electron chi connectivity index (χ0n) is 8.33. The number of benzene rings is 1. The maximum atomic E-state index is 5.80. The van der Waals surface area contributed by atoms with Gasteiger partial charge in [-0.1, -0.05) is 23.7 Å². The van der Waals surface area contributed by atoms with Crippen molar-refractivity contribution in [2.75, 3.05) is 5.32 Å². The van der Waals surface area contributed by atoms with Gasteiger partial charge >= 0.3 is 0 Å². The number of hydrogen-bond donors (Lipinski definition) is 1. The molecular formula is C11H11ClN2S. The van der Waals surface area contributed by atoms with E-state index in [0.29, 0.717) is 0 Å². The Bertz CT molecular complexity index is 436. The van der Waals surface area contributed by atoms with E-state index in [1.807, 2.05) is 36.6 Å². The molecule has 15 heavy (non-hydrogen) atoms. The standard InChI is InChI=1S/C11H11ClN2S/c1-8-7-15-11(14-8)13-6-9-2-4-10(12)5-3-9/h2-5,7H,6H2,1H3,(H,13,14). The Hall–Kier alpha value is -1.06. The van der Waals surface area contributed by atoms with Crippen LogP contribution in [0.3, 0.4) is 0 Å². The van der Waals surface area contributed by atoms with E-state index in [-0.39, 0.29) is 0 Å². The Kier molecular flexibility index (Phi) is 3.23. The van der Waals surface area contributed by atoms with Crippen LogP contribution in [0.15, 0.2) is 29.6 Å². The van der Waals surface area contributed by atoms with Gasteiger partial charge < -0.3 is 5.32 Å². The van der Waals surface area contributed by atoms with Crippen molar-refractivity contribution in [3.63, 3.8) is 0 Å². The molecule has 0 atom stereocenters. The van der Waals surface area contributed by atoms with E-state index in [9.17, 15) is 0 Å². The molecule has 0 fully saturated rings. The van der Waals surface area contributed by atoms with E-state index in [1.165, 1.54) is 5.56 Å². The Morgan fingerprint density at radius 3 is 2.67 bits per heavy atom. The van der Waals surface area contributed by atoms with Crippen LogP contribution in [-0.4, -0.2) is 4.98 Å². The highest BCUT2D eigenvalue weighted by atomic mass is 35.5. The SMILES string of the molecule is Cc1csc(NCc2ccc(Cl)cc2)n1. The number of nitrogens with zero attached hydrogens (tertiary/aromatic N) is 1. The summed E-state index contributed by atoms with van der Waals surface area (Å²) in [6.07, 6.45) is 0. The molecule has 1 aromatic heterocycles. The second-order valence-corrected chi connectivity index (χ2v) is 4.57. The number of thiazole rings is 1. The molecule has 4 heteroatoms. The number of halogens is 1. The third-order valence-electron chi connectivity index (χ3n) is 1.98. The van der Waals surface area contributed by atoms with Gasteiger partial charge in [-0.05, 0) is 24.6 Å². The largest absolute Gasteiger partial charge is 0.357 e. The van der Waals surface area contributed by atoms with Gasteiger partial charge in [-0.25, -0.2) is 4.98 Å². The van der Waals surface area contributed by atoms with Gasteiger partial charge in [-0.15, -0.1) is 11.3 Å². The molecule has 0 aliphatic carbocycles. The molecule has 2 aromatic rings. The van der Waals surface area contributed by atoms with Crippen molar-refractivity contribution < 1.29 is 0 Å². The first-order valence-corrected chi connectivity index (χ1v) is 5.90. The van der Waals surface area contributed by atoms with Crippen molar-refractivity contribution in [1.29, 1.82) is 0 Å². The quantitative estimate of drug-likeness (QED) is 0.882. The lowest BCUT2D eigenvalue weighted by atomic mass is 10.2. The van der Waals surface area contributed by atoms with E-state index in [1.54, 1.807) is 11.3 Å². The molecule has 0 saturated heterocycles. The Balaban J connectivity index is 1.96. The monoisotopic (exact) mass is 238 g/mol. The lowest BCUT2D eigenvalue weighted by Crippen LogP contribution is -1.98. The highest BCUT2D eigenvalue weighted by Gasteiger charge is 1.97. The number of nitrogens with one attached hydrogen (secondary N) is 1. The van der Waals surface area contributed by atoms with Crippen molar-refractivity contribution >= 4 is 28.1 Å². The summed E-state index contributed by atoms with van der Waals surface area (Å²) in [5.41, 5.74) is 2.26. The first-order chi connectivity index (χ1) is 7.24. The molecule has 0 unspecified atom stereocenters. The number of aromatic nitrogens is 1. The summed E-state index contributed by atoms with van der Waals surface area (Å²) in [7, 11) is 0. The lowest BCUT2D eigenvalue weighted by Gasteiger charge is -2.02. The van der Waals surface area contributed by atoms with Crippen LogP contribution in [0.2, 0.25) is 5.02 Å². The summed E-state index contributed by atoms with van der Waals surface area (Å²) in [6.45, 7) is 2.77. The molecule has 0 spiro atoms. The highest BCUT2D eigenvalue weighted by Crippen LogP contribution is 2.16. The fraction of sp³-hybridized carbons (Fsp3) is 0.182. The first-order valence-electron chi connectivity index (χ1n) is 4.64. The Labute approximate surface area is 97.9 Å². The second kappa shape index (κ2) is 4.64. The fourth-order valence-corrected chi connectivity index (χ4v) is 2.03. The van der Waals surface area contributed by atoms with Crippen molar-refractivity contribution in [2.45, 2.75) is 13.5 Å². The van der Waals surface area contributed by atoms with Crippen LogP contribution in [-0.2, 0) is 6.54 Å². The van der Waals surface area contributed by atoms with Gasteiger partial charge in [-0.3, -0.25) is 0 Å². The third-order valence-corrected chi connectivity index (χ3v) is 3.15. The van der Waals surface area contributed by atoms with Gasteiger partial charge in [0.2, 0.25) is 0 Å². The molecule has 1 aromatic carbocycles. The molecule has 78 valence electrons. The number of hydrogen-bond acceptors (Lipinski definition) is 3. The van der Waals surface area contributed by atoms with Gasteiger partial charge in [0.15, 0.2) is 5.13 Å². The van der Waals surface area contributed by atoms with Crippen molar-refractivity contribution in [2.24, 2.45) is 0 Å². The van der Waals surface area contributed by atoms with Crippen LogP contribution in [0.25, 0.3) is 0 Å². The summed E-state index contributed by atoms with van der Waals surface area (Å²) in [6, 6.07) is 7.81. The summed E-state index contributed by atoms with van der Waals surface area (Å²) < 4.78 is 0. The zero-order valence-corrected chi connectivity index (χ0v) is 9.90. The molecule has 0 bridgehead atoms. The predicted molar refractivity (Wildman–Crippen MR) is 65.6 cm³/mol. The minimum atomic E-state index is 0.767. The Morgan fingerprint density at radius 1 is 1.33 bits per heavy atom. The maximum absolute atomic E-state index is 5.80. The molecule has 2 rings (SSSR count). The van der Waals surface area contributed by atoms with Gasteiger partial charge in [0, 0.05) is 16.9 Å². The first kappa shape index (κ1) is 10.5. The normalized spacial score (nSPS) is 10.3. The van der Waals surface area contributed by atoms with Crippen LogP contribution >= 0.6 is 22.9 Å². The van der Waals surface area contributed by atoms with Gasteiger partial charge in [0.1, 0.15) is 0 Å². The summed E-state index contributed by atoms with van der Waals surface area (Å²) >= 11 is 7.43. The topological polar surface area (TPSA) is 24.9 Å². The van der Waals surface area contributed by atoms with E-state index >= 15 is 0 Å². The second-order valence-electron chi connectivity index (χ2n) is 3.27. The van der Waals surface area contributed by atoms with Crippen molar-refractivity contribution in [3.05, 3.63) is 45.9 Å². The zero-order chi connectivity index (χ0) is 10.7. The molecule has 0 saturated carbocycles. The highest BCUT2D eigenvalue weighted by molar-refractivity contribution is 7.13. The lowest BCUT2D eigenvalue weighted by molar-refractivity contribution is 1.12. The van der Waals surface area contributed by atoms with Crippen molar-refractivity contribution in [3.8, 4) is 0 Å². The van der Waals surface area contributed by atoms with Crippen LogP contribution in [0.1, 0.15) is 11.3 Å². The molecule has 0 aliphatic rings. The molecule has 0 radical (unpaired) electrons. The Morgan fingerprint density at radius 2 is 2.07 bits per heavy atom. The summed E-state index contributed by atoms with van der Waals surface area (Å²) in [5.74, 6) is 0. The molecule has 2 nitrogen and oxygen atoms in total. The third kappa shape index (κ3) is 2.94. The maximum Gasteiger partial charge on any atom is 0.183 e. The fourth-order valence-electron chi connectivity index (χ4n) is 1.22. The van der Waals surface area contributed by atoms with Crippen LogP contribution < -0.4 is 5.32 Å². The van der Waals surface area contributed by atoms with Crippen molar-refractivity contribution in [1.82, 2.24) is 4.98 Å². The average Bonchev–Trinajstić information content (AvgIpc) is 2.64. The van der Waals surface area contributed by atoms with Gasteiger partial charge in [0.05, 0.1) is 5.69 Å². The van der Waals surface area contributed by atoms with E-state index in [4.69, 9.17) is 11.6 Å². The predicted octanol–water partition coefficient (Wildman–Crippen LogP) is 3.72. The molecule has 1 N–H and O–H groups in total. The minimum Gasteiger partial charge on any atom is -0.357 e. The summed E-state index contributed by atoms with van der Waals surface area (Å²) in [4.78, 5) is 4.32. The van der Waals surface area contributed by atoms with Gasteiger partial charge in [-0.2, -0.15) is 0 Å².